The van der Waals surface area contributed by atoms with E-state index in [4.69, 9.17) is 4.98 Å². The van der Waals surface area contributed by atoms with Crippen LogP contribution in [-0.4, -0.2) is 19.1 Å². The molecule has 0 spiro atoms. The SMILES string of the molecule is CN(C)c1cc2nc(c1)CSCc1ccc(c3ccccc13)CSC2. The van der Waals surface area contributed by atoms with E-state index in [0.717, 1.165) is 23.0 Å². The molecule has 2 aliphatic rings. The van der Waals surface area contributed by atoms with Crippen LogP contribution < -0.4 is 4.90 Å². The van der Waals surface area contributed by atoms with Gasteiger partial charge in [-0.25, -0.2) is 0 Å². The molecule has 2 aliphatic heterocycles. The molecule has 0 amide bonds. The summed E-state index contributed by atoms with van der Waals surface area (Å²) in [6, 6.07) is 17.9. The van der Waals surface area contributed by atoms with Crippen molar-refractivity contribution in [3.05, 3.63) is 71.0 Å². The average molecular weight is 367 g/mol. The van der Waals surface area contributed by atoms with Gasteiger partial charge in [-0.1, -0.05) is 36.4 Å². The monoisotopic (exact) mass is 366 g/mol. The van der Waals surface area contributed by atoms with Gasteiger partial charge in [0.2, 0.25) is 0 Å². The Balaban J connectivity index is 1.73. The molecular weight excluding hydrogens is 344 g/mol. The molecule has 0 atom stereocenters. The topological polar surface area (TPSA) is 16.1 Å². The number of nitrogens with zero attached hydrogens (tertiary/aromatic N) is 2. The molecule has 3 heterocycles. The van der Waals surface area contributed by atoms with E-state index < -0.39 is 0 Å². The second kappa shape index (κ2) is 7.30. The molecule has 0 saturated heterocycles. The van der Waals surface area contributed by atoms with Crippen LogP contribution in [0.2, 0.25) is 0 Å². The molecule has 0 aliphatic carbocycles. The summed E-state index contributed by atoms with van der Waals surface area (Å²) < 4.78 is 0. The molecule has 128 valence electrons. The van der Waals surface area contributed by atoms with Gasteiger partial charge in [-0.2, -0.15) is 23.5 Å². The van der Waals surface area contributed by atoms with Crippen LogP contribution in [-0.2, 0) is 23.0 Å². The zero-order valence-corrected chi connectivity index (χ0v) is 16.3. The number of anilines is 1. The minimum atomic E-state index is 0.954. The van der Waals surface area contributed by atoms with Crippen LogP contribution in [0.4, 0.5) is 5.69 Å². The zero-order valence-electron chi connectivity index (χ0n) is 14.7. The molecule has 2 nitrogen and oxygen atoms in total. The molecule has 0 N–H and O–H groups in total. The number of fused-ring (bicyclic) bond motifs is 5. The van der Waals surface area contributed by atoms with Crippen LogP contribution in [0.3, 0.4) is 0 Å². The summed E-state index contributed by atoms with van der Waals surface area (Å²) in [7, 11) is 4.20. The average Bonchev–Trinajstić information content (AvgIpc) is 2.64. The molecule has 2 aromatic carbocycles. The second-order valence-corrected chi connectivity index (χ2v) is 8.59. The highest BCUT2D eigenvalue weighted by molar-refractivity contribution is 7.98. The maximum absolute atomic E-state index is 4.89. The highest BCUT2D eigenvalue weighted by Crippen LogP contribution is 2.31. The minimum absolute atomic E-state index is 0.954. The molecule has 0 unspecified atom stereocenters. The molecule has 0 saturated carbocycles. The van der Waals surface area contributed by atoms with Gasteiger partial charge in [-0.15, -0.1) is 0 Å². The lowest BCUT2D eigenvalue weighted by Gasteiger charge is -2.15. The van der Waals surface area contributed by atoms with E-state index in [1.807, 2.05) is 23.5 Å². The Kier molecular flexibility index (Phi) is 4.91. The third-order valence-electron chi connectivity index (χ3n) is 4.55. The normalized spacial score (nSPS) is 14.6. The largest absolute Gasteiger partial charge is 0.378 e. The summed E-state index contributed by atoms with van der Waals surface area (Å²) >= 11 is 3.90. The maximum Gasteiger partial charge on any atom is 0.0527 e. The summed E-state index contributed by atoms with van der Waals surface area (Å²) in [6.07, 6.45) is 0. The molecule has 4 heteroatoms. The highest BCUT2D eigenvalue weighted by atomic mass is 32.2. The first-order valence-corrected chi connectivity index (χ1v) is 10.8. The fourth-order valence-electron chi connectivity index (χ4n) is 3.24. The number of benzene rings is 2. The Morgan fingerprint density at radius 2 is 1.28 bits per heavy atom. The first kappa shape index (κ1) is 16.8. The van der Waals surface area contributed by atoms with Crippen LogP contribution in [0.15, 0.2) is 48.5 Å². The molecular formula is C21H22N2S2. The van der Waals surface area contributed by atoms with E-state index in [-0.39, 0.29) is 0 Å². The number of pyridine rings is 1. The van der Waals surface area contributed by atoms with Crippen LogP contribution in [0.5, 0.6) is 0 Å². The Labute approximate surface area is 158 Å². The third-order valence-corrected chi connectivity index (χ3v) is 6.58. The van der Waals surface area contributed by atoms with Crippen LogP contribution in [0.25, 0.3) is 10.8 Å². The molecule has 0 radical (unpaired) electrons. The van der Waals surface area contributed by atoms with E-state index in [1.54, 1.807) is 0 Å². The fraction of sp³-hybridized carbons (Fsp3) is 0.286. The molecule has 25 heavy (non-hydrogen) atoms. The van der Waals surface area contributed by atoms with E-state index in [1.165, 1.54) is 39.0 Å². The van der Waals surface area contributed by atoms with Crippen molar-refractivity contribution in [1.82, 2.24) is 4.98 Å². The van der Waals surface area contributed by atoms with Crippen molar-refractivity contribution in [1.29, 1.82) is 0 Å². The summed E-state index contributed by atoms with van der Waals surface area (Å²) in [5.74, 6) is 3.96. The molecule has 3 aromatic rings. The van der Waals surface area contributed by atoms with Gasteiger partial charge in [0.15, 0.2) is 0 Å². The Morgan fingerprint density at radius 3 is 1.76 bits per heavy atom. The second-order valence-electron chi connectivity index (χ2n) is 6.62. The lowest BCUT2D eigenvalue weighted by Crippen LogP contribution is -2.10. The molecule has 4 bridgehead atoms. The van der Waals surface area contributed by atoms with Crippen molar-refractivity contribution < 1.29 is 0 Å². The fourth-order valence-corrected chi connectivity index (χ4v) is 5.11. The summed E-state index contributed by atoms with van der Waals surface area (Å²) in [4.78, 5) is 7.07. The van der Waals surface area contributed by atoms with Gasteiger partial charge < -0.3 is 4.90 Å². The number of aromatic nitrogens is 1. The summed E-state index contributed by atoms with van der Waals surface area (Å²) in [5.41, 5.74) is 6.48. The molecule has 5 rings (SSSR count). The maximum atomic E-state index is 4.89. The van der Waals surface area contributed by atoms with Crippen LogP contribution >= 0.6 is 23.5 Å². The highest BCUT2D eigenvalue weighted by Gasteiger charge is 2.10. The van der Waals surface area contributed by atoms with E-state index in [0.29, 0.717) is 0 Å². The minimum Gasteiger partial charge on any atom is -0.378 e. The van der Waals surface area contributed by atoms with Crippen molar-refractivity contribution in [2.75, 3.05) is 19.0 Å². The van der Waals surface area contributed by atoms with Gasteiger partial charge in [0.1, 0.15) is 0 Å². The Morgan fingerprint density at radius 1 is 0.760 bits per heavy atom. The van der Waals surface area contributed by atoms with E-state index >= 15 is 0 Å². The van der Waals surface area contributed by atoms with Crippen molar-refractivity contribution in [3.8, 4) is 0 Å². The van der Waals surface area contributed by atoms with Gasteiger partial charge in [0, 0.05) is 42.8 Å². The van der Waals surface area contributed by atoms with Crippen molar-refractivity contribution in [3.63, 3.8) is 0 Å². The first-order chi connectivity index (χ1) is 12.2. The van der Waals surface area contributed by atoms with Gasteiger partial charge in [0.05, 0.1) is 11.4 Å². The number of rotatable bonds is 1. The van der Waals surface area contributed by atoms with Crippen LogP contribution in [0.1, 0.15) is 22.5 Å². The van der Waals surface area contributed by atoms with Gasteiger partial charge >= 0.3 is 0 Å². The Hall–Kier alpha value is -1.65. The third kappa shape index (κ3) is 3.65. The van der Waals surface area contributed by atoms with Crippen molar-refractivity contribution in [2.24, 2.45) is 0 Å². The van der Waals surface area contributed by atoms with Gasteiger partial charge in [-0.3, -0.25) is 4.98 Å². The van der Waals surface area contributed by atoms with E-state index in [2.05, 4.69) is 67.5 Å². The lowest BCUT2D eigenvalue weighted by molar-refractivity contribution is 1.05. The number of thioether (sulfide) groups is 2. The number of hydrogen-bond donors (Lipinski definition) is 0. The molecule has 0 fully saturated rings. The smallest absolute Gasteiger partial charge is 0.0527 e. The van der Waals surface area contributed by atoms with Crippen molar-refractivity contribution in [2.45, 2.75) is 23.0 Å². The lowest BCUT2D eigenvalue weighted by atomic mass is 10.0. The first-order valence-electron chi connectivity index (χ1n) is 8.53. The van der Waals surface area contributed by atoms with Crippen molar-refractivity contribution >= 4 is 40.0 Å². The predicted octanol–water partition coefficient (Wildman–Crippen LogP) is 5.48. The molecule has 1 aromatic heterocycles. The zero-order chi connectivity index (χ0) is 17.2. The summed E-state index contributed by atoms with van der Waals surface area (Å²) in [6.45, 7) is 0. The quantitative estimate of drug-likeness (QED) is 0.566. The van der Waals surface area contributed by atoms with Gasteiger partial charge in [-0.05, 0) is 34.0 Å². The predicted molar refractivity (Wildman–Crippen MR) is 113 cm³/mol. The van der Waals surface area contributed by atoms with E-state index in [9.17, 15) is 0 Å². The van der Waals surface area contributed by atoms with Crippen LogP contribution in [0, 0.1) is 0 Å². The van der Waals surface area contributed by atoms with Gasteiger partial charge in [0.25, 0.3) is 0 Å². The number of hydrogen-bond acceptors (Lipinski definition) is 4. The Bertz CT molecular complexity index is 839. The standard InChI is InChI=1S/C21H22N2S2/c1-23(2)19-9-17-13-24-11-15-7-8-16(12-25-14-18(10-19)22-17)21-6-4-3-5-20(15)21/h3-10H,11-14H2,1-2H3. The summed E-state index contributed by atoms with van der Waals surface area (Å²) in [5, 5.41) is 2.81.